The van der Waals surface area contributed by atoms with E-state index in [-0.39, 0.29) is 31.0 Å². The van der Waals surface area contributed by atoms with Crippen LogP contribution in [0.2, 0.25) is 0 Å². The molecule has 2 aliphatic heterocycles. The zero-order valence-electron chi connectivity index (χ0n) is 17.0. The molecule has 2 aliphatic rings. The fourth-order valence-corrected chi connectivity index (χ4v) is 3.88. The number of alkyl halides is 1. The topological polar surface area (TPSA) is 79.7 Å². The number of aromatic nitrogens is 2. The number of rotatable bonds is 2. The zero-order chi connectivity index (χ0) is 21.6. The molecular weight excluding hydrogens is 396 g/mol. The average molecular weight is 419 g/mol. The van der Waals surface area contributed by atoms with Crippen LogP contribution in [0.4, 0.5) is 19.3 Å². The normalized spacial score (nSPS) is 21.2. The van der Waals surface area contributed by atoms with Gasteiger partial charge in [0.2, 0.25) is 0 Å². The van der Waals surface area contributed by atoms with E-state index in [1.807, 2.05) is 6.92 Å². The second-order valence-corrected chi connectivity index (χ2v) is 7.72. The number of carbonyl (C=O) groups is 2. The summed E-state index contributed by atoms with van der Waals surface area (Å²) in [6.07, 6.45) is -0.344. The monoisotopic (exact) mass is 419 g/mol. The van der Waals surface area contributed by atoms with Crippen LogP contribution in [0.1, 0.15) is 34.2 Å². The van der Waals surface area contributed by atoms with Gasteiger partial charge in [-0.25, -0.2) is 18.6 Å². The molecule has 10 heteroatoms. The van der Waals surface area contributed by atoms with Crippen molar-refractivity contribution in [1.82, 2.24) is 19.7 Å². The number of hydrogen-bond acceptors (Lipinski definition) is 4. The first kappa shape index (κ1) is 20.3. The molecule has 1 N–H and O–H groups in total. The largest absolute Gasteiger partial charge is 0.322 e. The van der Waals surface area contributed by atoms with E-state index in [2.05, 4.69) is 10.4 Å². The fraction of sp³-hybridized carbons (Fsp3) is 0.450. The lowest BCUT2D eigenvalue weighted by Crippen LogP contribution is -2.45. The van der Waals surface area contributed by atoms with Crippen LogP contribution in [0.3, 0.4) is 0 Å². The highest BCUT2D eigenvalue weighted by molar-refractivity contribution is 5.94. The minimum absolute atomic E-state index is 0.115. The number of urea groups is 1. The van der Waals surface area contributed by atoms with E-state index in [0.29, 0.717) is 28.9 Å². The summed E-state index contributed by atoms with van der Waals surface area (Å²) >= 11 is 0. The molecule has 1 aromatic heterocycles. The van der Waals surface area contributed by atoms with Gasteiger partial charge < -0.3 is 10.2 Å². The number of carbonyl (C=O) groups excluding carboxylic acids is 2. The number of hydrogen-bond donors (Lipinski definition) is 1. The molecule has 1 unspecified atom stereocenters. The second kappa shape index (κ2) is 7.67. The molecule has 0 radical (unpaired) electrons. The SMILES string of the molecule is Cc1cc(NC(=O)N2Cc3c(nn4c3C(=O)N(C)OC(CF)C4)C[C@H]2C)ccc1F. The third kappa shape index (κ3) is 3.51. The number of benzene rings is 1. The molecule has 0 bridgehead atoms. The molecule has 0 spiro atoms. The van der Waals surface area contributed by atoms with Gasteiger partial charge in [-0.15, -0.1) is 0 Å². The molecule has 0 saturated heterocycles. The van der Waals surface area contributed by atoms with E-state index < -0.39 is 18.7 Å². The first-order valence-corrected chi connectivity index (χ1v) is 9.71. The summed E-state index contributed by atoms with van der Waals surface area (Å²) < 4.78 is 28.2. The van der Waals surface area contributed by atoms with E-state index in [4.69, 9.17) is 4.84 Å². The van der Waals surface area contributed by atoms with Crippen LogP contribution in [0.15, 0.2) is 18.2 Å². The third-order valence-corrected chi connectivity index (χ3v) is 5.50. The van der Waals surface area contributed by atoms with Crippen molar-refractivity contribution in [3.05, 3.63) is 46.5 Å². The predicted octanol–water partition coefficient (Wildman–Crippen LogP) is 2.66. The van der Waals surface area contributed by atoms with Crippen molar-refractivity contribution in [2.75, 3.05) is 19.0 Å². The smallest absolute Gasteiger partial charge is 0.317 e. The van der Waals surface area contributed by atoms with Gasteiger partial charge in [-0.05, 0) is 37.6 Å². The highest BCUT2D eigenvalue weighted by Gasteiger charge is 2.37. The van der Waals surface area contributed by atoms with Crippen LogP contribution < -0.4 is 5.32 Å². The Balaban J connectivity index is 1.61. The highest BCUT2D eigenvalue weighted by Crippen LogP contribution is 2.29. The zero-order valence-corrected chi connectivity index (χ0v) is 17.0. The summed E-state index contributed by atoms with van der Waals surface area (Å²) in [5.41, 5.74) is 2.59. The molecule has 30 heavy (non-hydrogen) atoms. The lowest BCUT2D eigenvalue weighted by molar-refractivity contribution is -0.152. The Morgan fingerprint density at radius 2 is 2.17 bits per heavy atom. The van der Waals surface area contributed by atoms with Gasteiger partial charge in [0.15, 0.2) is 0 Å². The number of amides is 3. The Bertz CT molecular complexity index is 1010. The summed E-state index contributed by atoms with van der Waals surface area (Å²) in [6, 6.07) is 3.84. The second-order valence-electron chi connectivity index (χ2n) is 7.72. The van der Waals surface area contributed by atoms with Crippen LogP contribution in [-0.4, -0.2) is 57.5 Å². The van der Waals surface area contributed by atoms with Crippen molar-refractivity contribution < 1.29 is 23.2 Å². The highest BCUT2D eigenvalue weighted by atomic mass is 19.1. The number of nitrogens with zero attached hydrogens (tertiary/aromatic N) is 4. The van der Waals surface area contributed by atoms with E-state index in [1.165, 1.54) is 23.9 Å². The van der Waals surface area contributed by atoms with E-state index in [9.17, 15) is 18.4 Å². The van der Waals surface area contributed by atoms with Crippen molar-refractivity contribution >= 4 is 17.6 Å². The molecule has 2 aromatic rings. The van der Waals surface area contributed by atoms with Crippen molar-refractivity contribution in [2.24, 2.45) is 0 Å². The number of halogens is 2. The molecule has 0 aliphatic carbocycles. The summed E-state index contributed by atoms with van der Waals surface area (Å²) in [6.45, 7) is 3.06. The Labute approximate surface area is 172 Å². The number of aryl methyl sites for hydroxylation is 1. The fourth-order valence-electron chi connectivity index (χ4n) is 3.88. The maximum absolute atomic E-state index is 13.5. The van der Waals surface area contributed by atoms with Gasteiger partial charge in [0, 0.05) is 30.8 Å². The number of hydroxylamine groups is 2. The van der Waals surface area contributed by atoms with Crippen molar-refractivity contribution in [2.45, 2.75) is 45.5 Å². The van der Waals surface area contributed by atoms with Gasteiger partial charge in [0.25, 0.3) is 5.91 Å². The third-order valence-electron chi connectivity index (χ3n) is 5.50. The first-order valence-electron chi connectivity index (χ1n) is 9.71. The average Bonchev–Trinajstić information content (AvgIpc) is 2.99. The van der Waals surface area contributed by atoms with E-state index in [1.54, 1.807) is 17.9 Å². The summed E-state index contributed by atoms with van der Waals surface area (Å²) in [5.74, 6) is -0.772. The van der Waals surface area contributed by atoms with Crippen molar-refractivity contribution in [1.29, 1.82) is 0 Å². The lowest BCUT2D eigenvalue weighted by atomic mass is 9.99. The summed E-state index contributed by atoms with van der Waals surface area (Å²) in [5, 5.41) is 8.31. The van der Waals surface area contributed by atoms with Gasteiger partial charge in [0.1, 0.15) is 24.3 Å². The lowest BCUT2D eigenvalue weighted by Gasteiger charge is -2.33. The van der Waals surface area contributed by atoms with Crippen LogP contribution in [0.25, 0.3) is 0 Å². The Morgan fingerprint density at radius 3 is 2.87 bits per heavy atom. The molecule has 3 heterocycles. The number of fused-ring (bicyclic) bond motifs is 3. The van der Waals surface area contributed by atoms with E-state index >= 15 is 0 Å². The molecule has 160 valence electrons. The quantitative estimate of drug-likeness (QED) is 0.812. The minimum Gasteiger partial charge on any atom is -0.317 e. The molecule has 1 aromatic carbocycles. The molecule has 2 atom stereocenters. The molecule has 0 fully saturated rings. The van der Waals surface area contributed by atoms with Crippen LogP contribution in [0, 0.1) is 12.7 Å². The first-order chi connectivity index (χ1) is 14.3. The van der Waals surface area contributed by atoms with Crippen LogP contribution in [0.5, 0.6) is 0 Å². The molecule has 8 nitrogen and oxygen atoms in total. The van der Waals surface area contributed by atoms with Gasteiger partial charge in [0.05, 0.1) is 18.8 Å². The maximum Gasteiger partial charge on any atom is 0.322 e. The van der Waals surface area contributed by atoms with Gasteiger partial charge in [-0.3, -0.25) is 14.3 Å². The molecule has 0 saturated carbocycles. The molecule has 3 amide bonds. The minimum atomic E-state index is -0.805. The van der Waals surface area contributed by atoms with Gasteiger partial charge in [-0.2, -0.15) is 5.10 Å². The standard InChI is InChI=1S/C20H23F2N5O3/c1-11-6-13(4-5-16(11)22)23-20(29)26-10-15-17(7-12(26)2)24-27-9-14(8-21)30-25(3)19(28)18(15)27/h4-6,12,14H,7-10H2,1-3H3,(H,23,29)/t12-,14?/m1/s1. The molecule has 4 rings (SSSR count). The molecular formula is C20H23F2N5O3. The van der Waals surface area contributed by atoms with Crippen LogP contribution >= 0.6 is 0 Å². The van der Waals surface area contributed by atoms with Gasteiger partial charge in [-0.1, -0.05) is 0 Å². The maximum atomic E-state index is 13.5. The van der Waals surface area contributed by atoms with E-state index in [0.717, 1.165) is 10.8 Å². The summed E-state index contributed by atoms with van der Waals surface area (Å²) in [4.78, 5) is 32.7. The van der Waals surface area contributed by atoms with Gasteiger partial charge >= 0.3 is 6.03 Å². The number of nitrogens with one attached hydrogen (secondary N) is 1. The Hall–Kier alpha value is -3.01. The number of anilines is 1. The van der Waals surface area contributed by atoms with Crippen molar-refractivity contribution in [3.8, 4) is 0 Å². The van der Waals surface area contributed by atoms with Crippen LogP contribution in [-0.2, 0) is 24.3 Å². The Kier molecular flexibility index (Phi) is 5.19. The predicted molar refractivity (Wildman–Crippen MR) is 104 cm³/mol. The summed E-state index contributed by atoms with van der Waals surface area (Å²) in [7, 11) is 1.44. The van der Waals surface area contributed by atoms with Crippen molar-refractivity contribution in [3.63, 3.8) is 0 Å². The Morgan fingerprint density at radius 1 is 1.40 bits per heavy atom.